The van der Waals surface area contributed by atoms with Gasteiger partial charge in [0, 0.05) is 23.3 Å². The maximum absolute atomic E-state index is 11.1. The molecule has 12 nitrogen and oxygen atoms in total. The predicted octanol–water partition coefficient (Wildman–Crippen LogP) is 4.67. The van der Waals surface area contributed by atoms with Crippen LogP contribution in [0.3, 0.4) is 0 Å². The first-order valence-corrected chi connectivity index (χ1v) is 9.04. The molecule has 0 radical (unpaired) electrons. The molecule has 0 saturated heterocycles. The molecule has 12 heteroatoms. The summed E-state index contributed by atoms with van der Waals surface area (Å²) in [4.78, 5) is 41.1. The van der Waals surface area contributed by atoms with Gasteiger partial charge in [-0.25, -0.2) is 0 Å². The number of hydrogen-bond acceptors (Lipinski definition) is 8. The number of hydrogen-bond donors (Lipinski definition) is 0. The first-order chi connectivity index (χ1) is 14.2. The number of aryl methyl sites for hydroxylation is 2. The van der Waals surface area contributed by atoms with Crippen LogP contribution in [0.5, 0.6) is 0 Å². The lowest BCUT2D eigenvalue weighted by Gasteiger charge is -2.05. The summed E-state index contributed by atoms with van der Waals surface area (Å²) in [5.74, 6) is 0. The average Bonchev–Trinajstić information content (AvgIpc) is 2.70. The van der Waals surface area contributed by atoms with Crippen molar-refractivity contribution in [2.45, 2.75) is 38.5 Å². The third kappa shape index (κ3) is 5.77. The van der Waals surface area contributed by atoms with E-state index in [9.17, 15) is 40.5 Å². The molecular weight excluding hydrogens is 400 g/mol. The Morgan fingerprint density at radius 2 is 0.900 bits per heavy atom. The van der Waals surface area contributed by atoms with Gasteiger partial charge in [0.2, 0.25) is 0 Å². The standard InChI is InChI=1S/C18H18N4O8/c23-19(24)15-9-7-13(17(11-15)21(27)28)5-3-1-2-4-6-14-8-10-16(20(25)26)12-18(14)22(29)30/h7-12H,1-6H2. The van der Waals surface area contributed by atoms with Crippen molar-refractivity contribution in [1.82, 2.24) is 0 Å². The van der Waals surface area contributed by atoms with E-state index in [0.717, 1.165) is 12.1 Å². The molecule has 2 aromatic rings. The number of rotatable bonds is 11. The van der Waals surface area contributed by atoms with Gasteiger partial charge in [-0.2, -0.15) is 0 Å². The van der Waals surface area contributed by atoms with E-state index in [-0.39, 0.29) is 22.7 Å². The number of nitrogens with zero attached hydrogens (tertiary/aromatic N) is 4. The fraction of sp³-hybridized carbons (Fsp3) is 0.333. The Bertz CT molecular complexity index is 913. The molecule has 158 valence electrons. The van der Waals surface area contributed by atoms with E-state index < -0.39 is 19.7 Å². The third-order valence-corrected chi connectivity index (χ3v) is 4.60. The van der Waals surface area contributed by atoms with Crippen LogP contribution in [0.15, 0.2) is 36.4 Å². The highest BCUT2D eigenvalue weighted by molar-refractivity contribution is 5.50. The summed E-state index contributed by atoms with van der Waals surface area (Å²) in [7, 11) is 0. The molecule has 0 saturated carbocycles. The summed E-state index contributed by atoms with van der Waals surface area (Å²) < 4.78 is 0. The zero-order chi connectivity index (χ0) is 22.3. The van der Waals surface area contributed by atoms with Gasteiger partial charge in [-0.15, -0.1) is 0 Å². The van der Waals surface area contributed by atoms with Crippen LogP contribution in [0.25, 0.3) is 0 Å². The van der Waals surface area contributed by atoms with Crippen molar-refractivity contribution < 1.29 is 19.7 Å². The van der Waals surface area contributed by atoms with Crippen LogP contribution in [0, 0.1) is 40.5 Å². The molecule has 0 heterocycles. The fourth-order valence-corrected chi connectivity index (χ4v) is 3.08. The van der Waals surface area contributed by atoms with E-state index in [2.05, 4.69) is 0 Å². The van der Waals surface area contributed by atoms with E-state index in [0.29, 0.717) is 49.7 Å². The second kappa shape index (κ2) is 10.0. The third-order valence-electron chi connectivity index (χ3n) is 4.60. The highest BCUT2D eigenvalue weighted by Crippen LogP contribution is 2.28. The summed E-state index contributed by atoms with van der Waals surface area (Å²) in [6, 6.07) is 7.13. The Kier molecular flexibility index (Phi) is 7.44. The van der Waals surface area contributed by atoms with Gasteiger partial charge < -0.3 is 0 Å². The van der Waals surface area contributed by atoms with Crippen LogP contribution in [-0.2, 0) is 12.8 Å². The highest BCUT2D eigenvalue weighted by atomic mass is 16.6. The first kappa shape index (κ1) is 22.3. The molecule has 0 bridgehead atoms. The molecule has 0 aliphatic carbocycles. The van der Waals surface area contributed by atoms with Crippen LogP contribution in [-0.4, -0.2) is 19.7 Å². The monoisotopic (exact) mass is 418 g/mol. The number of unbranched alkanes of at least 4 members (excludes halogenated alkanes) is 3. The largest absolute Gasteiger partial charge is 0.279 e. The summed E-state index contributed by atoms with van der Waals surface area (Å²) in [6.07, 6.45) is 3.39. The molecule has 0 amide bonds. The smallest absolute Gasteiger partial charge is 0.258 e. The Hall–Kier alpha value is -3.96. The van der Waals surface area contributed by atoms with Crippen molar-refractivity contribution in [2.24, 2.45) is 0 Å². The van der Waals surface area contributed by atoms with E-state index in [1.165, 1.54) is 24.3 Å². The number of non-ortho nitro benzene ring substituents is 2. The molecule has 0 aliphatic heterocycles. The molecule has 0 unspecified atom stereocenters. The first-order valence-electron chi connectivity index (χ1n) is 9.04. The lowest BCUT2D eigenvalue weighted by Crippen LogP contribution is -1.99. The van der Waals surface area contributed by atoms with E-state index >= 15 is 0 Å². The topological polar surface area (TPSA) is 173 Å². The number of nitro benzene ring substituents is 4. The molecule has 0 spiro atoms. The molecule has 2 rings (SSSR count). The molecular formula is C18H18N4O8. The van der Waals surface area contributed by atoms with Gasteiger partial charge in [0.15, 0.2) is 0 Å². The van der Waals surface area contributed by atoms with Gasteiger partial charge in [-0.05, 0) is 37.8 Å². The van der Waals surface area contributed by atoms with Crippen LogP contribution in [0.4, 0.5) is 22.7 Å². The summed E-state index contributed by atoms with van der Waals surface area (Å²) in [6.45, 7) is 0. The van der Waals surface area contributed by atoms with Crippen LogP contribution < -0.4 is 0 Å². The Morgan fingerprint density at radius 3 is 1.20 bits per heavy atom. The van der Waals surface area contributed by atoms with Gasteiger partial charge in [-0.1, -0.05) is 12.8 Å². The van der Waals surface area contributed by atoms with Crippen LogP contribution in [0.2, 0.25) is 0 Å². The predicted molar refractivity (Wildman–Crippen MR) is 105 cm³/mol. The highest BCUT2D eigenvalue weighted by Gasteiger charge is 2.20. The SMILES string of the molecule is O=[N+]([O-])c1ccc(CCCCCCc2ccc([N+](=O)[O-])cc2[N+](=O)[O-])c([N+](=O)[O-])c1. The maximum Gasteiger partial charge on any atom is 0.279 e. The van der Waals surface area contributed by atoms with Crippen molar-refractivity contribution >= 4 is 22.7 Å². The second-order valence-electron chi connectivity index (χ2n) is 6.57. The fourth-order valence-electron chi connectivity index (χ4n) is 3.08. The zero-order valence-electron chi connectivity index (χ0n) is 15.8. The zero-order valence-corrected chi connectivity index (χ0v) is 15.8. The van der Waals surface area contributed by atoms with E-state index in [1.807, 2.05) is 0 Å². The van der Waals surface area contributed by atoms with Crippen molar-refractivity contribution in [1.29, 1.82) is 0 Å². The normalized spacial score (nSPS) is 10.5. The number of nitro groups is 4. The molecule has 0 aliphatic rings. The Morgan fingerprint density at radius 1 is 0.533 bits per heavy atom. The lowest BCUT2D eigenvalue weighted by atomic mass is 10.0. The second-order valence-corrected chi connectivity index (χ2v) is 6.57. The quantitative estimate of drug-likeness (QED) is 0.287. The van der Waals surface area contributed by atoms with Crippen LogP contribution in [0.1, 0.15) is 36.8 Å². The van der Waals surface area contributed by atoms with E-state index in [1.54, 1.807) is 0 Å². The summed E-state index contributed by atoms with van der Waals surface area (Å²) in [5, 5.41) is 43.8. The molecule has 0 N–H and O–H groups in total. The minimum Gasteiger partial charge on any atom is -0.258 e. The van der Waals surface area contributed by atoms with Gasteiger partial charge in [-0.3, -0.25) is 40.5 Å². The van der Waals surface area contributed by atoms with Gasteiger partial charge >= 0.3 is 0 Å². The van der Waals surface area contributed by atoms with Gasteiger partial charge in [0.1, 0.15) is 0 Å². The molecule has 0 atom stereocenters. The molecule has 30 heavy (non-hydrogen) atoms. The number of benzene rings is 2. The van der Waals surface area contributed by atoms with Gasteiger partial charge in [0.25, 0.3) is 22.7 Å². The summed E-state index contributed by atoms with van der Waals surface area (Å²) >= 11 is 0. The molecule has 2 aromatic carbocycles. The van der Waals surface area contributed by atoms with Crippen LogP contribution >= 0.6 is 0 Å². The maximum atomic E-state index is 11.1. The minimum absolute atomic E-state index is 0.286. The van der Waals surface area contributed by atoms with Crippen molar-refractivity contribution in [2.75, 3.05) is 0 Å². The van der Waals surface area contributed by atoms with Crippen molar-refractivity contribution in [3.63, 3.8) is 0 Å². The Labute approximate surface area is 169 Å². The minimum atomic E-state index is -0.686. The summed E-state index contributed by atoms with van der Waals surface area (Å²) in [5.41, 5.74) is -0.421. The van der Waals surface area contributed by atoms with Crippen molar-refractivity contribution in [3.05, 3.63) is 88.0 Å². The van der Waals surface area contributed by atoms with Crippen molar-refractivity contribution in [3.8, 4) is 0 Å². The van der Waals surface area contributed by atoms with E-state index in [4.69, 9.17) is 0 Å². The van der Waals surface area contributed by atoms with Gasteiger partial charge in [0.05, 0.1) is 31.8 Å². The molecule has 0 fully saturated rings. The Balaban J connectivity index is 1.88. The average molecular weight is 418 g/mol. The lowest BCUT2D eigenvalue weighted by molar-refractivity contribution is -0.394. The molecule has 0 aromatic heterocycles.